The second-order valence-corrected chi connectivity index (χ2v) is 3.14. The standard InChI is InChI=1S/C10H9F3O2/c1-6-3-8(7(2)14)5-9(4-6)15-10(11,12)13/h3-5H,1-2H3. The molecule has 0 heterocycles. The summed E-state index contributed by atoms with van der Waals surface area (Å²) in [4.78, 5) is 11.0. The molecule has 0 spiro atoms. The van der Waals surface area contributed by atoms with Gasteiger partial charge in [0.05, 0.1) is 0 Å². The van der Waals surface area contributed by atoms with Gasteiger partial charge in [0.2, 0.25) is 0 Å². The van der Waals surface area contributed by atoms with E-state index in [-0.39, 0.29) is 17.1 Å². The van der Waals surface area contributed by atoms with Crippen molar-refractivity contribution in [2.75, 3.05) is 0 Å². The molecule has 2 nitrogen and oxygen atoms in total. The van der Waals surface area contributed by atoms with Crippen LogP contribution in [0, 0.1) is 6.92 Å². The van der Waals surface area contributed by atoms with Crippen molar-refractivity contribution in [1.29, 1.82) is 0 Å². The molecule has 0 aliphatic rings. The minimum absolute atomic E-state index is 0.203. The van der Waals surface area contributed by atoms with Crippen molar-refractivity contribution in [1.82, 2.24) is 0 Å². The van der Waals surface area contributed by atoms with E-state index in [1.807, 2.05) is 0 Å². The number of aryl methyl sites for hydroxylation is 1. The monoisotopic (exact) mass is 218 g/mol. The minimum Gasteiger partial charge on any atom is -0.406 e. The van der Waals surface area contributed by atoms with Crippen LogP contribution >= 0.6 is 0 Å². The number of halogens is 3. The number of ether oxygens (including phenoxy) is 1. The molecule has 82 valence electrons. The van der Waals surface area contributed by atoms with Crippen LogP contribution < -0.4 is 4.74 Å². The quantitative estimate of drug-likeness (QED) is 0.713. The Labute approximate surface area is 84.7 Å². The summed E-state index contributed by atoms with van der Waals surface area (Å²) in [6, 6.07) is 3.80. The van der Waals surface area contributed by atoms with Crippen molar-refractivity contribution in [2.45, 2.75) is 20.2 Å². The summed E-state index contributed by atoms with van der Waals surface area (Å²) < 4.78 is 39.4. The van der Waals surface area contributed by atoms with Crippen LogP contribution in [0.3, 0.4) is 0 Å². The lowest BCUT2D eigenvalue weighted by Crippen LogP contribution is -2.17. The summed E-state index contributed by atoms with van der Waals surface area (Å²) in [5.41, 5.74) is 0.746. The molecule has 0 aliphatic heterocycles. The summed E-state index contributed by atoms with van der Waals surface area (Å²) >= 11 is 0. The zero-order chi connectivity index (χ0) is 11.6. The first-order valence-corrected chi connectivity index (χ1v) is 4.16. The van der Waals surface area contributed by atoms with E-state index in [2.05, 4.69) is 4.74 Å². The van der Waals surface area contributed by atoms with Crippen LogP contribution in [0.15, 0.2) is 18.2 Å². The number of alkyl halides is 3. The van der Waals surface area contributed by atoms with Crippen molar-refractivity contribution in [3.63, 3.8) is 0 Å². The highest BCUT2D eigenvalue weighted by Gasteiger charge is 2.31. The zero-order valence-electron chi connectivity index (χ0n) is 8.18. The van der Waals surface area contributed by atoms with E-state index in [0.29, 0.717) is 5.56 Å². The number of carbonyl (C=O) groups is 1. The molecule has 0 amide bonds. The van der Waals surface area contributed by atoms with E-state index >= 15 is 0 Å². The highest BCUT2D eigenvalue weighted by Crippen LogP contribution is 2.24. The maximum absolute atomic E-state index is 11.9. The van der Waals surface area contributed by atoms with Gasteiger partial charge in [-0.2, -0.15) is 0 Å². The van der Waals surface area contributed by atoms with Crippen LogP contribution in [-0.4, -0.2) is 12.1 Å². The van der Waals surface area contributed by atoms with E-state index in [4.69, 9.17) is 0 Å². The Balaban J connectivity index is 3.04. The Hall–Kier alpha value is -1.52. The highest BCUT2D eigenvalue weighted by atomic mass is 19.4. The number of ketones is 1. The fourth-order valence-electron chi connectivity index (χ4n) is 1.14. The maximum atomic E-state index is 11.9. The summed E-state index contributed by atoms with van der Waals surface area (Å²) in [5.74, 6) is -0.668. The summed E-state index contributed by atoms with van der Waals surface area (Å²) in [6.45, 7) is 2.88. The number of hydrogen-bond acceptors (Lipinski definition) is 2. The Morgan fingerprint density at radius 1 is 1.27 bits per heavy atom. The van der Waals surface area contributed by atoms with Gasteiger partial charge in [0.25, 0.3) is 0 Å². The van der Waals surface area contributed by atoms with Crippen LogP contribution in [0.5, 0.6) is 5.75 Å². The van der Waals surface area contributed by atoms with E-state index in [9.17, 15) is 18.0 Å². The van der Waals surface area contributed by atoms with Gasteiger partial charge in [-0.15, -0.1) is 13.2 Å². The SMILES string of the molecule is CC(=O)c1cc(C)cc(OC(F)(F)F)c1. The number of benzene rings is 1. The molecule has 0 fully saturated rings. The maximum Gasteiger partial charge on any atom is 0.573 e. The van der Waals surface area contributed by atoms with Gasteiger partial charge in [0, 0.05) is 5.56 Å². The third-order valence-electron chi connectivity index (χ3n) is 1.69. The molecular weight excluding hydrogens is 209 g/mol. The normalized spacial score (nSPS) is 11.3. The van der Waals surface area contributed by atoms with Crippen LogP contribution in [0.2, 0.25) is 0 Å². The van der Waals surface area contributed by atoms with Crippen LogP contribution in [0.1, 0.15) is 22.8 Å². The second kappa shape index (κ2) is 3.92. The minimum atomic E-state index is -4.73. The van der Waals surface area contributed by atoms with Crippen molar-refractivity contribution in [3.05, 3.63) is 29.3 Å². The summed E-state index contributed by atoms with van der Waals surface area (Å²) in [6.07, 6.45) is -4.73. The molecule has 1 aromatic carbocycles. The van der Waals surface area contributed by atoms with Gasteiger partial charge in [0.15, 0.2) is 5.78 Å². The first kappa shape index (κ1) is 11.6. The molecule has 5 heteroatoms. The van der Waals surface area contributed by atoms with Crippen molar-refractivity contribution >= 4 is 5.78 Å². The van der Waals surface area contributed by atoms with E-state index in [0.717, 1.165) is 6.07 Å². The predicted octanol–water partition coefficient (Wildman–Crippen LogP) is 3.10. The smallest absolute Gasteiger partial charge is 0.406 e. The van der Waals surface area contributed by atoms with Gasteiger partial charge in [-0.05, 0) is 37.6 Å². The second-order valence-electron chi connectivity index (χ2n) is 3.14. The number of carbonyl (C=O) groups excluding carboxylic acids is 1. The lowest BCUT2D eigenvalue weighted by atomic mass is 10.1. The van der Waals surface area contributed by atoms with Crippen LogP contribution in [-0.2, 0) is 0 Å². The average Bonchev–Trinajstić information content (AvgIpc) is 1.99. The third kappa shape index (κ3) is 3.61. The molecule has 0 aromatic heterocycles. The molecule has 0 atom stereocenters. The first-order valence-electron chi connectivity index (χ1n) is 4.16. The molecule has 1 aromatic rings. The summed E-state index contributed by atoms with van der Waals surface area (Å²) in [5, 5.41) is 0. The van der Waals surface area contributed by atoms with Crippen LogP contribution in [0.4, 0.5) is 13.2 Å². The van der Waals surface area contributed by atoms with Crippen LogP contribution in [0.25, 0.3) is 0 Å². The first-order chi connectivity index (χ1) is 6.78. The number of Topliss-reactive ketones (excluding diaryl/α,β-unsaturated/α-hetero) is 1. The van der Waals surface area contributed by atoms with Crippen molar-refractivity contribution in [2.24, 2.45) is 0 Å². The lowest BCUT2D eigenvalue weighted by molar-refractivity contribution is -0.274. The average molecular weight is 218 g/mol. The molecule has 15 heavy (non-hydrogen) atoms. The van der Waals surface area contributed by atoms with Gasteiger partial charge >= 0.3 is 6.36 Å². The Morgan fingerprint density at radius 2 is 1.87 bits per heavy atom. The van der Waals surface area contributed by atoms with Gasteiger partial charge in [-0.3, -0.25) is 4.79 Å². The molecule has 0 aliphatic carbocycles. The highest BCUT2D eigenvalue weighted by molar-refractivity contribution is 5.94. The Morgan fingerprint density at radius 3 is 2.33 bits per heavy atom. The zero-order valence-corrected chi connectivity index (χ0v) is 8.18. The number of rotatable bonds is 2. The van der Waals surface area contributed by atoms with Gasteiger partial charge in [-0.1, -0.05) is 0 Å². The van der Waals surface area contributed by atoms with E-state index in [1.54, 1.807) is 6.92 Å². The van der Waals surface area contributed by atoms with Crippen molar-refractivity contribution < 1.29 is 22.7 Å². The molecular formula is C10H9F3O2. The number of hydrogen-bond donors (Lipinski definition) is 0. The Kier molecular flexibility index (Phi) is 3.02. The largest absolute Gasteiger partial charge is 0.573 e. The molecule has 0 saturated carbocycles. The topological polar surface area (TPSA) is 26.3 Å². The predicted molar refractivity (Wildman–Crippen MR) is 47.9 cm³/mol. The fraction of sp³-hybridized carbons (Fsp3) is 0.300. The molecule has 0 radical (unpaired) electrons. The Bertz CT molecular complexity index is 383. The van der Waals surface area contributed by atoms with Gasteiger partial charge < -0.3 is 4.74 Å². The summed E-state index contributed by atoms with van der Waals surface area (Å²) in [7, 11) is 0. The molecule has 0 N–H and O–H groups in total. The molecule has 1 rings (SSSR count). The van der Waals surface area contributed by atoms with Crippen molar-refractivity contribution in [3.8, 4) is 5.75 Å². The van der Waals surface area contributed by atoms with Gasteiger partial charge in [-0.25, -0.2) is 0 Å². The molecule has 0 unspecified atom stereocenters. The lowest BCUT2D eigenvalue weighted by Gasteiger charge is -2.10. The fourth-order valence-corrected chi connectivity index (χ4v) is 1.14. The van der Waals surface area contributed by atoms with E-state index in [1.165, 1.54) is 19.1 Å². The molecule has 0 bridgehead atoms. The third-order valence-corrected chi connectivity index (χ3v) is 1.69. The van der Waals surface area contributed by atoms with E-state index < -0.39 is 6.36 Å². The molecule has 0 saturated heterocycles. The van der Waals surface area contributed by atoms with Gasteiger partial charge in [0.1, 0.15) is 5.75 Å².